The predicted molar refractivity (Wildman–Crippen MR) is 975 cm³/mol. The Hall–Kier alpha value is 26.3. The van der Waals surface area contributed by atoms with Crippen molar-refractivity contribution in [1.82, 2.24) is 0 Å². The van der Waals surface area contributed by atoms with Crippen molar-refractivity contribution >= 4 is 1140 Å². The van der Waals surface area contributed by atoms with Crippen LogP contribution in [0.25, 0.3) is 115 Å². The Kier molecular flexibility index (Phi) is 55.8. The fraction of sp³-hybridized carbons (Fsp3) is 0.0312. The Bertz CT molecular complexity index is 7890. The third kappa shape index (κ3) is 35.9. The van der Waals surface area contributed by atoms with Gasteiger partial charge in [-0.1, -0.05) is 573 Å². The molecule has 71 heteroatoms. The van der Waals surface area contributed by atoms with Crippen LogP contribution in [0.3, 0.4) is 0 Å². The first kappa shape index (κ1) is 104. The van der Waals surface area contributed by atoms with Gasteiger partial charge in [-0.3, -0.25) is 0 Å². The third-order valence-corrected chi connectivity index (χ3v) is 114. The van der Waals surface area contributed by atoms with Crippen molar-refractivity contribution < 1.29 is 0 Å². The maximum atomic E-state index is 8.32. The lowest BCUT2D eigenvalue weighted by atomic mass is 10.3. The zero-order valence-corrected chi connectivity index (χ0v) is 158. The maximum absolute atomic E-state index is 8.32. The molecule has 0 aliphatic rings. The first-order valence-electron chi connectivity index (χ1n) is 45.1. The monoisotopic (exact) mass is 5550 g/mol. The SMILES string of the molecule is [2H]P(I)c1cc(-c2cc3sc(-c4cc(C)c(P([2H])I)s4)cc3s2)sc1P([2H])I.[2H]P(I)c1cc(-c2cc3sc(-c4cc(P([2H])I)c(P([2H])I)s4)cc3s2)sc1P([2H])I.[2H]P(I)c1sc(C)c(P([2H])I)c1P([2H])I.[2H]P(I)c1sc2c(P([2H])I)c(P([2H])I)sc2c1P([2H])I.[2H]P(I)c1sc2c(P([2H])I)sc(P([2H])I)c2c1P([2H])I.[2H]P(I)c1sc2cc(-c3cc4sc(P([2H])I)c(P([2H])I)c4s3)sc2c1P([2H])I.[2H]P(I)c1sc2sc(P([2H])I)c(P([2H])I)c2c1P([2H])I. The molecule has 0 aliphatic carbocycles. The van der Waals surface area contributed by atoms with Crippen LogP contribution >= 0.6 is 949 Å². The molecule has 26 unspecified atom stereocenters. The normalized spacial score (nSPS) is 20.4. The van der Waals surface area contributed by atoms with Gasteiger partial charge in [0.05, 0.1) is 65.4 Å². The molecular formula is C64H42I26P26S19. The largest absolute Gasteiger partial charge is 0.139 e. The summed E-state index contributed by atoms with van der Waals surface area (Å²) in [5.41, 5.74) is 1.24. The van der Waals surface area contributed by atoms with Gasteiger partial charge in [-0.25, -0.2) is 0 Å². The quantitative estimate of drug-likeness (QED) is 0.0300. The van der Waals surface area contributed by atoms with Gasteiger partial charge in [0.1, 0.15) is 0 Å². The van der Waals surface area contributed by atoms with Crippen molar-refractivity contribution in [1.29, 1.82) is 33.2 Å². The summed E-state index contributed by atoms with van der Waals surface area (Å²) >= 11 is 88.4. The average molecular weight is 5550 g/mol. The van der Waals surface area contributed by atoms with Gasteiger partial charge >= 0.3 is 0 Å². The zero-order valence-electron chi connectivity index (χ0n) is 89.0. The summed E-state index contributed by atoms with van der Waals surface area (Å²) in [5.74, 6) is 0. The van der Waals surface area contributed by atoms with E-state index >= 15 is 0 Å². The zero-order chi connectivity index (χ0) is 120. The second kappa shape index (κ2) is 72.2. The van der Waals surface area contributed by atoms with Crippen LogP contribution in [0.4, 0.5) is 0 Å². The summed E-state index contributed by atoms with van der Waals surface area (Å²) in [5, 5.41) is 14.6. The highest BCUT2D eigenvalue weighted by atomic mass is 127. The van der Waals surface area contributed by atoms with Crippen LogP contribution in [-0.4, -0.2) is 33.2 Å². The van der Waals surface area contributed by atoms with Crippen molar-refractivity contribution in [3.8, 4) is 48.8 Å². The molecule has 0 bridgehead atoms. The topological polar surface area (TPSA) is 0 Å². The summed E-state index contributed by atoms with van der Waals surface area (Å²) in [6.45, 7) is 4.13. The van der Waals surface area contributed by atoms with Gasteiger partial charge in [-0.05, 0) is 240 Å². The van der Waals surface area contributed by atoms with Gasteiger partial charge in [-0.15, -0.1) is 215 Å². The molecule has 0 radical (unpaired) electrons. The highest BCUT2D eigenvalue weighted by Crippen LogP contribution is 2.54. The second-order valence-electron chi connectivity index (χ2n) is 23.9. The lowest BCUT2D eigenvalue weighted by molar-refractivity contribution is 1.59. The Morgan fingerprint density at radius 1 is 0.170 bits per heavy atom. The number of rotatable bonds is 31. The summed E-state index contributed by atoms with van der Waals surface area (Å²) < 4.78 is 240. The van der Waals surface area contributed by atoms with Gasteiger partial charge in [0.25, 0.3) is 0 Å². The Labute approximate surface area is 1280 Å². The number of aryl methyl sites for hydroxylation is 2. The molecule has 19 heterocycles. The van der Waals surface area contributed by atoms with E-state index in [4.69, 9.17) is 33.2 Å². The minimum Gasteiger partial charge on any atom is -0.139 e. The molecule has 0 aliphatic heterocycles. The number of thiophene rings is 19. The van der Waals surface area contributed by atoms with E-state index in [-0.39, 0.29) is 0 Å². The minimum atomic E-state index is -1.06. The summed E-state index contributed by atoms with van der Waals surface area (Å²) in [6, 6.07) is 22.1. The minimum absolute atomic E-state index is 0.827. The molecule has 0 aromatic carbocycles. The maximum Gasteiger partial charge on any atom is 0.0892 e. The molecule has 19 rings (SSSR count). The van der Waals surface area contributed by atoms with Crippen molar-refractivity contribution in [2.45, 2.75) is 13.8 Å². The first-order chi connectivity index (χ1) is 75.2. The van der Waals surface area contributed by atoms with Crippen LogP contribution in [0.5, 0.6) is 0 Å². The lowest BCUT2D eigenvalue weighted by Crippen LogP contribution is -2.18. The lowest BCUT2D eigenvalue weighted by Gasteiger charge is -2.00. The Morgan fingerprint density at radius 2 is 0.430 bits per heavy atom. The molecule has 26 atom stereocenters. The van der Waals surface area contributed by atoms with Gasteiger partial charge in [-0.2, -0.15) is 0 Å². The van der Waals surface area contributed by atoms with Gasteiger partial charge < -0.3 is 0 Å². The number of fused-ring (bicyclic) bond motifs is 7. The molecule has 0 fully saturated rings. The first-order valence-corrected chi connectivity index (χ1v) is 145. The molecule has 19 aromatic rings. The van der Waals surface area contributed by atoms with E-state index in [1.807, 2.05) is 18.3 Å². The summed E-state index contributed by atoms with van der Waals surface area (Å²) in [7, 11) is 0. The molecule has 0 saturated heterocycles. The van der Waals surface area contributed by atoms with Crippen molar-refractivity contribution in [2.24, 2.45) is 0 Å². The highest BCUT2D eigenvalue weighted by molar-refractivity contribution is 14.2. The molecule has 0 saturated carbocycles. The Morgan fingerprint density at radius 3 is 0.741 bits per heavy atom. The molecule has 0 nitrogen and oxygen atoms in total. The smallest absolute Gasteiger partial charge is 0.0892 e. The molecule has 19 aromatic heterocycles. The number of hydrogen-bond donors (Lipinski definition) is 0. The van der Waals surface area contributed by atoms with Gasteiger partial charge in [0, 0.05) is 216 Å². The van der Waals surface area contributed by atoms with E-state index in [9.17, 15) is 0 Å². The van der Waals surface area contributed by atoms with Gasteiger partial charge in [0.2, 0.25) is 0 Å². The average Bonchev–Trinajstić information content (AvgIpc) is 1.58. The van der Waals surface area contributed by atoms with Crippen molar-refractivity contribution in [3.05, 3.63) is 71.1 Å². The van der Waals surface area contributed by atoms with Crippen LogP contribution in [0, 0.1) is 13.8 Å². The molecule has 135 heavy (non-hydrogen) atoms. The van der Waals surface area contributed by atoms with Crippen molar-refractivity contribution in [2.75, 3.05) is 0 Å². The van der Waals surface area contributed by atoms with Crippen LogP contribution < -0.4 is 128 Å². The number of hydrogen-bond acceptors (Lipinski definition) is 19. The fourth-order valence-corrected chi connectivity index (χ4v) is 115. The molecule has 724 valence electrons. The highest BCUT2D eigenvalue weighted by Gasteiger charge is 2.27. The standard InChI is InChI=1S/C15H10I3P3S4.C14H8I4P4S4.C12H6I4P4S4.3C6H4I4P4S2.C5H6I3P3S/c1-6-2-8(24-14(6)20-17)10-4-12-13(22-10)5-11(23-12)9-3-7(19-16)15(21-18)25-9;15-19-5-1-7(25-13(5)21-17)9-3-11-12(23-9)4-10(24-11)8-2-6(20-16)14(22-18)26-8;13-17-7-9-5(23-11(7)19-15)1-3(21-9)4-2-6-10(22-4)8(18-14)12(20-16)24-6;7-11-1-3-4(16-5(1)13-9)2(12-8)6(14-10)15-3;7-11-2-1-3(12-8)5(14-10)16-6(1)15-4(2)13-9;7-11-2-1-3(15-5(2)13-9)6(14-10)16-4(1)12-8;1-2-3(9-6)4(10-7)5(11-8)12-2/h2-5,19-21H,1H3;1-4,19-22H;1-2,17-20H;3*11-14H;9-11H,1H3/i19D,20D,21D;19D,20D,21D,22D;17D,18D,19D,20D;3*11D,12D,13D,14D;9D,10D,11D. The molecule has 0 spiro atoms. The van der Waals surface area contributed by atoms with Gasteiger partial charge in [0.15, 0.2) is 0 Å². The second-order valence-corrected chi connectivity index (χ2v) is 102. The van der Waals surface area contributed by atoms with Crippen LogP contribution in [0.2, 0.25) is 0 Å². The van der Waals surface area contributed by atoms with Crippen LogP contribution in [-0.2, 0) is 0 Å². The van der Waals surface area contributed by atoms with E-state index in [1.165, 1.54) is 96.6 Å². The summed E-state index contributed by atoms with van der Waals surface area (Å²) in [4.78, 5) is 13.4. The van der Waals surface area contributed by atoms with E-state index in [1.54, 1.807) is 204 Å². The van der Waals surface area contributed by atoms with E-state index in [2.05, 4.69) is 641 Å². The van der Waals surface area contributed by atoms with Crippen molar-refractivity contribution in [3.63, 3.8) is 0 Å². The summed E-state index contributed by atoms with van der Waals surface area (Å²) in [6.07, 6.45) is -25.6. The molecular weight excluding hydrogens is 5480 g/mol. The molecule has 0 amide bonds. The predicted octanol–water partition coefficient (Wildman–Crippen LogP) is 47.0. The van der Waals surface area contributed by atoms with Crippen LogP contribution in [0.15, 0.2) is 60.7 Å². The molecule has 0 N–H and O–H groups in total. The Balaban J connectivity index is 0.000000157. The van der Waals surface area contributed by atoms with E-state index < -0.39 is 160 Å². The van der Waals surface area contributed by atoms with E-state index in [0.717, 1.165) is 157 Å². The van der Waals surface area contributed by atoms with E-state index in [0.29, 0.717) is 0 Å². The fourth-order valence-electron chi connectivity index (χ4n) is 11.2. The number of halogens is 26. The van der Waals surface area contributed by atoms with Crippen LogP contribution in [0.1, 0.15) is 10.4 Å². The third-order valence-electron chi connectivity index (χ3n) is 16.7.